The minimum atomic E-state index is -4.43. The lowest BCUT2D eigenvalue weighted by atomic mass is 9.80. The number of nitrogens with zero attached hydrogens (tertiary/aromatic N) is 2. The van der Waals surface area contributed by atoms with E-state index in [-0.39, 0.29) is 24.2 Å². The summed E-state index contributed by atoms with van der Waals surface area (Å²) in [6, 6.07) is 15.2. The number of carbonyl (C=O) groups excluding carboxylic acids is 1. The lowest BCUT2D eigenvalue weighted by molar-refractivity contribution is -0.171. The molecule has 2 aromatic rings. The third-order valence-electron chi connectivity index (χ3n) is 7.15. The molecule has 2 aromatic carbocycles. The van der Waals surface area contributed by atoms with E-state index in [0.29, 0.717) is 38.1 Å². The SMILES string of the molecule is CCO[C@H]1OC(C(=O)N2CCN(Cc3ccccc3)CC2)=C[C@@H](c2ccc(C(F)(F)F)cc2)[C@@H]1CCCO. The summed E-state index contributed by atoms with van der Waals surface area (Å²) in [5.41, 5.74) is 1.14. The van der Waals surface area contributed by atoms with Gasteiger partial charge in [-0.1, -0.05) is 42.5 Å². The van der Waals surface area contributed by atoms with Gasteiger partial charge in [0.2, 0.25) is 6.29 Å². The number of hydrogen-bond acceptors (Lipinski definition) is 5. The van der Waals surface area contributed by atoms with Crippen LogP contribution in [0.2, 0.25) is 0 Å². The van der Waals surface area contributed by atoms with Crippen LogP contribution < -0.4 is 0 Å². The Balaban J connectivity index is 1.53. The summed E-state index contributed by atoms with van der Waals surface area (Å²) < 4.78 is 51.4. The molecule has 38 heavy (non-hydrogen) atoms. The van der Waals surface area contributed by atoms with Gasteiger partial charge in [-0.25, -0.2) is 0 Å². The van der Waals surface area contributed by atoms with Crippen molar-refractivity contribution >= 4 is 5.91 Å². The Morgan fingerprint density at radius 1 is 1.05 bits per heavy atom. The molecule has 4 rings (SSSR count). The third kappa shape index (κ3) is 6.95. The zero-order valence-corrected chi connectivity index (χ0v) is 21.6. The Labute approximate surface area is 221 Å². The lowest BCUT2D eigenvalue weighted by Gasteiger charge is -2.39. The zero-order chi connectivity index (χ0) is 27.1. The maximum atomic E-state index is 13.5. The van der Waals surface area contributed by atoms with Crippen molar-refractivity contribution < 1.29 is 32.5 Å². The van der Waals surface area contributed by atoms with Gasteiger partial charge in [0.05, 0.1) is 5.56 Å². The number of benzene rings is 2. The molecule has 0 bridgehead atoms. The molecule has 2 heterocycles. The molecule has 1 amide bonds. The molecule has 0 aliphatic carbocycles. The second-order valence-electron chi connectivity index (χ2n) is 9.70. The van der Waals surface area contributed by atoms with Crippen molar-refractivity contribution in [3.05, 3.63) is 83.1 Å². The Kier molecular flexibility index (Phi) is 9.46. The van der Waals surface area contributed by atoms with E-state index in [0.717, 1.165) is 31.8 Å². The number of alkyl halides is 3. The summed E-state index contributed by atoms with van der Waals surface area (Å²) in [6.07, 6.45) is -2.45. The monoisotopic (exact) mass is 532 g/mol. The first-order valence-electron chi connectivity index (χ1n) is 13.1. The normalized spacial score (nSPS) is 22.6. The molecule has 0 aromatic heterocycles. The lowest BCUT2D eigenvalue weighted by Crippen LogP contribution is -2.49. The second-order valence-corrected chi connectivity index (χ2v) is 9.70. The Hall–Kier alpha value is -2.88. The predicted octanol–water partition coefficient (Wildman–Crippen LogP) is 4.80. The third-order valence-corrected chi connectivity index (χ3v) is 7.15. The second kappa shape index (κ2) is 12.8. The van der Waals surface area contributed by atoms with Gasteiger partial charge in [0, 0.05) is 57.8 Å². The number of aliphatic hydroxyl groups excluding tert-OH is 1. The highest BCUT2D eigenvalue weighted by Crippen LogP contribution is 2.40. The van der Waals surface area contributed by atoms with E-state index in [1.165, 1.54) is 17.7 Å². The van der Waals surface area contributed by atoms with Gasteiger partial charge in [-0.15, -0.1) is 0 Å². The first-order chi connectivity index (χ1) is 18.3. The number of hydrogen-bond donors (Lipinski definition) is 1. The van der Waals surface area contributed by atoms with Crippen LogP contribution >= 0.6 is 0 Å². The maximum absolute atomic E-state index is 13.5. The highest BCUT2D eigenvalue weighted by molar-refractivity contribution is 5.92. The molecule has 6 nitrogen and oxygen atoms in total. The number of rotatable bonds is 9. The van der Waals surface area contributed by atoms with E-state index in [1.807, 2.05) is 25.1 Å². The smallest absolute Gasteiger partial charge is 0.416 e. The van der Waals surface area contributed by atoms with Crippen LogP contribution in [0.1, 0.15) is 42.4 Å². The van der Waals surface area contributed by atoms with Crippen LogP contribution in [-0.4, -0.2) is 66.5 Å². The number of ether oxygens (including phenoxy) is 2. The summed E-state index contributed by atoms with van der Waals surface area (Å²) in [4.78, 5) is 17.6. The molecule has 1 saturated heterocycles. The Bertz CT molecular complexity index is 1070. The van der Waals surface area contributed by atoms with Gasteiger partial charge in [-0.3, -0.25) is 9.69 Å². The molecule has 206 valence electrons. The number of halogens is 3. The van der Waals surface area contributed by atoms with Crippen molar-refractivity contribution in [3.8, 4) is 0 Å². The molecule has 0 spiro atoms. The number of amides is 1. The predicted molar refractivity (Wildman–Crippen MR) is 137 cm³/mol. The maximum Gasteiger partial charge on any atom is 0.416 e. The van der Waals surface area contributed by atoms with Crippen molar-refractivity contribution in [2.75, 3.05) is 39.4 Å². The fraction of sp³-hybridized carbons (Fsp3) is 0.483. The van der Waals surface area contributed by atoms with Crippen molar-refractivity contribution in [3.63, 3.8) is 0 Å². The van der Waals surface area contributed by atoms with Crippen LogP contribution in [0.15, 0.2) is 66.4 Å². The van der Waals surface area contributed by atoms with E-state index in [2.05, 4.69) is 17.0 Å². The van der Waals surface area contributed by atoms with Gasteiger partial charge >= 0.3 is 6.18 Å². The van der Waals surface area contributed by atoms with E-state index in [4.69, 9.17) is 9.47 Å². The highest BCUT2D eigenvalue weighted by Gasteiger charge is 2.39. The Morgan fingerprint density at radius 2 is 1.74 bits per heavy atom. The van der Waals surface area contributed by atoms with Crippen molar-refractivity contribution in [1.82, 2.24) is 9.80 Å². The van der Waals surface area contributed by atoms with Crippen LogP contribution in [0.3, 0.4) is 0 Å². The minimum absolute atomic E-state index is 0.0299. The minimum Gasteiger partial charge on any atom is -0.459 e. The molecule has 0 saturated carbocycles. The van der Waals surface area contributed by atoms with E-state index in [9.17, 15) is 23.1 Å². The number of aliphatic hydroxyl groups is 1. The topological polar surface area (TPSA) is 62.2 Å². The molecule has 0 unspecified atom stereocenters. The molecular weight excluding hydrogens is 497 g/mol. The van der Waals surface area contributed by atoms with Crippen molar-refractivity contribution in [2.24, 2.45) is 5.92 Å². The van der Waals surface area contributed by atoms with Crippen LogP contribution in [0.4, 0.5) is 13.2 Å². The number of piperazine rings is 1. The summed E-state index contributed by atoms with van der Waals surface area (Å²) in [5, 5.41) is 9.43. The molecule has 2 aliphatic rings. The number of allylic oxidation sites excluding steroid dienone is 1. The van der Waals surface area contributed by atoms with Gasteiger partial charge in [0.1, 0.15) is 0 Å². The molecule has 1 fully saturated rings. The first kappa shape index (κ1) is 28.1. The van der Waals surface area contributed by atoms with E-state index < -0.39 is 23.9 Å². The standard InChI is InChI=1S/C29H35F3N2O4/c1-2-37-28-24(9-6-18-35)25(22-10-12-23(13-11-22)29(30,31)32)19-26(38-28)27(36)34-16-14-33(15-17-34)20-21-7-4-3-5-8-21/h3-5,7-8,10-13,19,24-25,28,35H,2,6,9,14-18,20H2,1H3/t24-,25-,28-/m0/s1. The summed E-state index contributed by atoms with van der Waals surface area (Å²) in [6.45, 7) is 5.50. The molecule has 1 N–H and O–H groups in total. The Morgan fingerprint density at radius 3 is 2.34 bits per heavy atom. The van der Waals surface area contributed by atoms with Gasteiger partial charge in [-0.05, 0) is 49.1 Å². The van der Waals surface area contributed by atoms with Gasteiger partial charge in [0.15, 0.2) is 5.76 Å². The van der Waals surface area contributed by atoms with Gasteiger partial charge in [0.25, 0.3) is 5.91 Å². The van der Waals surface area contributed by atoms with Gasteiger partial charge < -0.3 is 19.5 Å². The molecule has 0 radical (unpaired) electrons. The molecular formula is C29H35F3N2O4. The first-order valence-corrected chi connectivity index (χ1v) is 13.1. The van der Waals surface area contributed by atoms with E-state index >= 15 is 0 Å². The van der Waals surface area contributed by atoms with E-state index in [1.54, 1.807) is 11.0 Å². The fourth-order valence-corrected chi connectivity index (χ4v) is 5.14. The van der Waals surface area contributed by atoms with Crippen LogP contribution in [0.25, 0.3) is 0 Å². The molecule has 9 heteroatoms. The summed E-state index contributed by atoms with van der Waals surface area (Å²) >= 11 is 0. The molecule has 3 atom stereocenters. The highest BCUT2D eigenvalue weighted by atomic mass is 19.4. The van der Waals surface area contributed by atoms with Crippen LogP contribution in [-0.2, 0) is 27.0 Å². The zero-order valence-electron chi connectivity index (χ0n) is 21.6. The molecule has 2 aliphatic heterocycles. The van der Waals surface area contributed by atoms with Crippen LogP contribution in [0.5, 0.6) is 0 Å². The summed E-state index contributed by atoms with van der Waals surface area (Å²) in [5.74, 6) is -0.748. The van der Waals surface area contributed by atoms with Crippen molar-refractivity contribution in [1.29, 1.82) is 0 Å². The number of carbonyl (C=O) groups is 1. The largest absolute Gasteiger partial charge is 0.459 e. The quantitative estimate of drug-likeness (QED) is 0.503. The van der Waals surface area contributed by atoms with Crippen molar-refractivity contribution in [2.45, 2.75) is 44.7 Å². The van der Waals surface area contributed by atoms with Crippen LogP contribution in [0, 0.1) is 5.92 Å². The van der Waals surface area contributed by atoms with Gasteiger partial charge in [-0.2, -0.15) is 13.2 Å². The fourth-order valence-electron chi connectivity index (χ4n) is 5.14. The average Bonchev–Trinajstić information content (AvgIpc) is 2.92. The average molecular weight is 533 g/mol. The summed E-state index contributed by atoms with van der Waals surface area (Å²) in [7, 11) is 0.